The minimum absolute atomic E-state index is 0.356. The molecule has 0 aliphatic carbocycles. The molecule has 1 aliphatic heterocycles. The van der Waals surface area contributed by atoms with Crippen LogP contribution in [0.3, 0.4) is 0 Å². The van der Waals surface area contributed by atoms with Crippen LogP contribution in [-0.2, 0) is 0 Å². The van der Waals surface area contributed by atoms with Crippen LogP contribution in [0.25, 0.3) is 0 Å². The standard InChI is InChI=1S/C20H26N2O3/c1-2-24-17-7-9-18(10-8-17)25-16-15-21-11-13-22(14-12-21)19-5-3-4-6-20(19)23/h3-10,23H,2,11-16H2,1H3. The van der Waals surface area contributed by atoms with Crippen molar-refractivity contribution < 1.29 is 14.6 Å². The first kappa shape index (κ1) is 17.4. The summed E-state index contributed by atoms with van der Waals surface area (Å²) >= 11 is 0. The Hall–Kier alpha value is -2.40. The van der Waals surface area contributed by atoms with Gasteiger partial charge in [0, 0.05) is 32.7 Å². The number of aromatic hydroxyl groups is 1. The summed E-state index contributed by atoms with van der Waals surface area (Å²) in [6.45, 7) is 8.01. The molecule has 0 aromatic heterocycles. The highest BCUT2D eigenvalue weighted by molar-refractivity contribution is 5.57. The number of phenolic OH excluding ortho intramolecular Hbond substituents is 1. The van der Waals surface area contributed by atoms with Crippen LogP contribution in [0.4, 0.5) is 5.69 Å². The average Bonchev–Trinajstić information content (AvgIpc) is 2.65. The monoisotopic (exact) mass is 342 g/mol. The molecule has 1 aliphatic rings. The molecule has 0 bridgehead atoms. The fourth-order valence-electron chi connectivity index (χ4n) is 3.04. The molecule has 5 heteroatoms. The first-order valence-electron chi connectivity index (χ1n) is 8.87. The highest BCUT2D eigenvalue weighted by Gasteiger charge is 2.18. The van der Waals surface area contributed by atoms with Crippen LogP contribution in [-0.4, -0.2) is 55.9 Å². The fourth-order valence-corrected chi connectivity index (χ4v) is 3.04. The number of benzene rings is 2. The zero-order chi connectivity index (χ0) is 17.5. The van der Waals surface area contributed by atoms with Crippen molar-refractivity contribution in [3.8, 4) is 17.2 Å². The van der Waals surface area contributed by atoms with Gasteiger partial charge in [-0.3, -0.25) is 4.90 Å². The van der Waals surface area contributed by atoms with E-state index in [2.05, 4.69) is 9.80 Å². The predicted octanol–water partition coefficient (Wildman–Crippen LogP) is 2.99. The molecule has 3 rings (SSSR count). The zero-order valence-electron chi connectivity index (χ0n) is 14.7. The summed E-state index contributed by atoms with van der Waals surface area (Å²) in [5.74, 6) is 2.10. The van der Waals surface area contributed by atoms with Crippen molar-refractivity contribution in [2.24, 2.45) is 0 Å². The smallest absolute Gasteiger partial charge is 0.138 e. The molecule has 0 radical (unpaired) electrons. The molecule has 1 N–H and O–H groups in total. The first-order valence-corrected chi connectivity index (χ1v) is 8.87. The van der Waals surface area contributed by atoms with E-state index < -0.39 is 0 Å². The molecule has 0 amide bonds. The molecular weight excluding hydrogens is 316 g/mol. The largest absolute Gasteiger partial charge is 0.506 e. The summed E-state index contributed by atoms with van der Waals surface area (Å²) in [6.07, 6.45) is 0. The lowest BCUT2D eigenvalue weighted by Gasteiger charge is -2.36. The molecule has 5 nitrogen and oxygen atoms in total. The van der Waals surface area contributed by atoms with Gasteiger partial charge in [-0.05, 0) is 43.3 Å². The number of ether oxygens (including phenoxy) is 2. The van der Waals surface area contributed by atoms with Gasteiger partial charge >= 0.3 is 0 Å². The molecular formula is C20H26N2O3. The van der Waals surface area contributed by atoms with E-state index >= 15 is 0 Å². The van der Waals surface area contributed by atoms with E-state index in [1.54, 1.807) is 6.07 Å². The van der Waals surface area contributed by atoms with E-state index in [1.807, 2.05) is 49.4 Å². The molecule has 2 aromatic carbocycles. The number of rotatable bonds is 7. The van der Waals surface area contributed by atoms with Crippen molar-refractivity contribution >= 4 is 5.69 Å². The maximum Gasteiger partial charge on any atom is 0.138 e. The van der Waals surface area contributed by atoms with Crippen LogP contribution in [0.1, 0.15) is 6.92 Å². The third-order valence-corrected chi connectivity index (χ3v) is 4.41. The van der Waals surface area contributed by atoms with E-state index in [0.29, 0.717) is 19.0 Å². The summed E-state index contributed by atoms with van der Waals surface area (Å²) in [7, 11) is 0. The van der Waals surface area contributed by atoms with Crippen molar-refractivity contribution in [1.82, 2.24) is 4.90 Å². The molecule has 0 spiro atoms. The van der Waals surface area contributed by atoms with Crippen LogP contribution in [0.2, 0.25) is 0 Å². The second-order valence-electron chi connectivity index (χ2n) is 6.07. The van der Waals surface area contributed by atoms with E-state index in [0.717, 1.165) is 49.9 Å². The second kappa shape index (κ2) is 8.62. The maximum atomic E-state index is 9.97. The van der Waals surface area contributed by atoms with E-state index in [9.17, 15) is 5.11 Å². The first-order chi connectivity index (χ1) is 12.3. The van der Waals surface area contributed by atoms with Crippen molar-refractivity contribution in [3.05, 3.63) is 48.5 Å². The topological polar surface area (TPSA) is 45.2 Å². The predicted molar refractivity (Wildman–Crippen MR) is 99.9 cm³/mol. The van der Waals surface area contributed by atoms with Crippen LogP contribution >= 0.6 is 0 Å². The number of hydrogen-bond acceptors (Lipinski definition) is 5. The number of anilines is 1. The van der Waals surface area contributed by atoms with Gasteiger partial charge in [-0.25, -0.2) is 0 Å². The minimum atomic E-state index is 0.356. The van der Waals surface area contributed by atoms with Gasteiger partial charge in [0.1, 0.15) is 23.9 Å². The Kier molecular flexibility index (Phi) is 6.01. The van der Waals surface area contributed by atoms with Gasteiger partial charge < -0.3 is 19.5 Å². The Morgan fingerprint density at radius 2 is 1.52 bits per heavy atom. The van der Waals surface area contributed by atoms with Crippen LogP contribution < -0.4 is 14.4 Å². The third-order valence-electron chi connectivity index (χ3n) is 4.41. The lowest BCUT2D eigenvalue weighted by Crippen LogP contribution is -2.47. The minimum Gasteiger partial charge on any atom is -0.506 e. The average molecular weight is 342 g/mol. The molecule has 0 saturated carbocycles. The van der Waals surface area contributed by atoms with Gasteiger partial charge in [0.2, 0.25) is 0 Å². The Labute approximate surface area is 149 Å². The molecule has 1 heterocycles. The van der Waals surface area contributed by atoms with Gasteiger partial charge in [-0.2, -0.15) is 0 Å². The summed E-state index contributed by atoms with van der Waals surface area (Å²) in [6, 6.07) is 15.3. The van der Waals surface area contributed by atoms with Gasteiger partial charge in [0.25, 0.3) is 0 Å². The number of hydrogen-bond donors (Lipinski definition) is 1. The Morgan fingerprint density at radius 1 is 0.880 bits per heavy atom. The van der Waals surface area contributed by atoms with Crippen molar-refractivity contribution in [1.29, 1.82) is 0 Å². The lowest BCUT2D eigenvalue weighted by molar-refractivity contribution is 0.200. The Bertz CT molecular complexity index is 652. The third kappa shape index (κ3) is 4.79. The van der Waals surface area contributed by atoms with E-state index in [1.165, 1.54) is 0 Å². The Morgan fingerprint density at radius 3 is 2.16 bits per heavy atom. The molecule has 1 saturated heterocycles. The number of phenols is 1. The van der Waals surface area contributed by atoms with Crippen molar-refractivity contribution in [2.45, 2.75) is 6.92 Å². The summed E-state index contributed by atoms with van der Waals surface area (Å²) < 4.78 is 11.3. The van der Waals surface area contributed by atoms with Crippen molar-refractivity contribution in [2.75, 3.05) is 50.8 Å². The fraction of sp³-hybridized carbons (Fsp3) is 0.400. The van der Waals surface area contributed by atoms with Gasteiger partial charge in [0.15, 0.2) is 0 Å². The van der Waals surface area contributed by atoms with Crippen LogP contribution in [0, 0.1) is 0 Å². The van der Waals surface area contributed by atoms with Crippen LogP contribution in [0.5, 0.6) is 17.2 Å². The highest BCUT2D eigenvalue weighted by atomic mass is 16.5. The molecule has 0 unspecified atom stereocenters. The molecule has 1 fully saturated rings. The molecule has 25 heavy (non-hydrogen) atoms. The summed E-state index contributed by atoms with van der Waals surface area (Å²) in [5.41, 5.74) is 0.924. The van der Waals surface area contributed by atoms with Gasteiger partial charge in [0.05, 0.1) is 12.3 Å². The van der Waals surface area contributed by atoms with Crippen molar-refractivity contribution in [3.63, 3.8) is 0 Å². The SMILES string of the molecule is CCOc1ccc(OCCN2CCN(c3ccccc3O)CC2)cc1. The van der Waals surface area contributed by atoms with E-state index in [-0.39, 0.29) is 0 Å². The zero-order valence-corrected chi connectivity index (χ0v) is 14.7. The summed E-state index contributed by atoms with van der Waals surface area (Å²) in [4.78, 5) is 4.63. The maximum absolute atomic E-state index is 9.97. The summed E-state index contributed by atoms with van der Waals surface area (Å²) in [5, 5.41) is 9.97. The normalized spacial score (nSPS) is 15.2. The number of piperazine rings is 1. The Balaban J connectivity index is 1.40. The van der Waals surface area contributed by atoms with E-state index in [4.69, 9.17) is 9.47 Å². The lowest BCUT2D eigenvalue weighted by atomic mass is 10.2. The number of para-hydroxylation sites is 2. The van der Waals surface area contributed by atoms with Gasteiger partial charge in [-0.15, -0.1) is 0 Å². The van der Waals surface area contributed by atoms with Crippen LogP contribution in [0.15, 0.2) is 48.5 Å². The highest BCUT2D eigenvalue weighted by Crippen LogP contribution is 2.27. The molecule has 0 atom stereocenters. The molecule has 2 aromatic rings. The number of nitrogens with zero attached hydrogens (tertiary/aromatic N) is 2. The molecule has 134 valence electrons. The second-order valence-corrected chi connectivity index (χ2v) is 6.07. The van der Waals surface area contributed by atoms with Gasteiger partial charge in [-0.1, -0.05) is 12.1 Å². The quantitative estimate of drug-likeness (QED) is 0.838.